The van der Waals surface area contributed by atoms with E-state index in [1.165, 1.54) is 48.6 Å². The monoisotopic (exact) mass is 747 g/mol. The van der Waals surface area contributed by atoms with E-state index < -0.39 is 69.9 Å². The second-order valence-corrected chi connectivity index (χ2v) is 13.5. The van der Waals surface area contributed by atoms with Gasteiger partial charge in [0, 0.05) is 60.0 Å². The van der Waals surface area contributed by atoms with E-state index in [0.717, 1.165) is 18.8 Å². The van der Waals surface area contributed by atoms with Crippen molar-refractivity contribution < 1.29 is 46.4 Å². The zero-order valence-corrected chi connectivity index (χ0v) is 29.5. The molecule has 3 atom stereocenters. The molecule has 0 saturated carbocycles. The largest absolute Gasteiger partial charge is 0.480 e. The van der Waals surface area contributed by atoms with Crippen molar-refractivity contribution in [1.29, 1.82) is 0 Å². The van der Waals surface area contributed by atoms with Crippen LogP contribution in [-0.4, -0.2) is 97.8 Å². The van der Waals surface area contributed by atoms with E-state index in [0.29, 0.717) is 11.0 Å². The van der Waals surface area contributed by atoms with Crippen molar-refractivity contribution in [3.05, 3.63) is 112 Å². The van der Waals surface area contributed by atoms with Crippen LogP contribution in [-0.2, 0) is 34.0 Å². The zero-order chi connectivity index (χ0) is 38.3. The molecule has 0 bridgehead atoms. The third-order valence-corrected chi connectivity index (χ3v) is 9.07. The van der Waals surface area contributed by atoms with Crippen LogP contribution in [0, 0.1) is 0 Å². The fraction of sp³-hybridized carbons (Fsp3) is 0.278. The standard InChI is InChI=1S/C36H37N5O11S/c1-3-41(4-2)25-13-11-23-17-26(36(47)52-30(23)19-25)34-40-27-18-24(12-14-29(27)51-34)33(44)39-28(35(45)46)20-38-32(43)22-8-6-5-7-21(9-10-22)31(42)37-15-16-53(48,49)50/h5-14,17-19,27-29H,3-4,15-16,20H2,1-2H3,(H,37,42)(H,38,43)(H,39,44)(H,45,46)(H,48,49,50)/b6-5?,7-5-,8-6-,10-9?,21-7?,21-9+,22-8?,22-10+. The predicted octanol–water partition coefficient (Wildman–Crippen LogP) is 1.32. The van der Waals surface area contributed by atoms with Crippen molar-refractivity contribution >= 4 is 56.4 Å². The molecule has 0 spiro atoms. The van der Waals surface area contributed by atoms with Gasteiger partial charge in [-0.05, 0) is 74.6 Å². The number of rotatable bonds is 14. The van der Waals surface area contributed by atoms with Crippen molar-refractivity contribution in [2.75, 3.05) is 36.8 Å². The van der Waals surface area contributed by atoms with Gasteiger partial charge < -0.3 is 35.1 Å². The maximum atomic E-state index is 13.1. The minimum atomic E-state index is -4.27. The van der Waals surface area contributed by atoms with E-state index in [9.17, 15) is 37.5 Å². The van der Waals surface area contributed by atoms with Crippen LogP contribution in [0.5, 0.6) is 0 Å². The van der Waals surface area contributed by atoms with Crippen LogP contribution >= 0.6 is 0 Å². The molecule has 1 aromatic heterocycles. The van der Waals surface area contributed by atoms with Crippen LogP contribution in [0.1, 0.15) is 19.4 Å². The van der Waals surface area contributed by atoms with Crippen molar-refractivity contribution in [3.63, 3.8) is 0 Å². The summed E-state index contributed by atoms with van der Waals surface area (Å²) in [5, 5.41) is 17.6. The Hall–Kier alpha value is -6.07. The van der Waals surface area contributed by atoms with E-state index in [-0.39, 0.29) is 34.7 Å². The van der Waals surface area contributed by atoms with Crippen LogP contribution in [0.2, 0.25) is 0 Å². The van der Waals surface area contributed by atoms with E-state index in [1.54, 1.807) is 18.2 Å². The summed E-state index contributed by atoms with van der Waals surface area (Å²) in [4.78, 5) is 70.1. The molecular weight excluding hydrogens is 710 g/mol. The Labute approximate surface area is 303 Å². The number of carboxylic acid groups (broad SMARTS) is 1. The second kappa shape index (κ2) is 16.5. The molecule has 3 unspecified atom stereocenters. The van der Waals surface area contributed by atoms with Gasteiger partial charge in [0.05, 0.1) is 5.75 Å². The molecule has 2 aromatic rings. The second-order valence-electron chi connectivity index (χ2n) is 11.9. The summed E-state index contributed by atoms with van der Waals surface area (Å²) in [6.45, 7) is 4.82. The Kier molecular flexibility index (Phi) is 11.9. The first-order chi connectivity index (χ1) is 25.3. The number of aliphatic imine (C=N–C) groups is 1. The minimum Gasteiger partial charge on any atom is -0.480 e. The third-order valence-electron chi connectivity index (χ3n) is 8.35. The van der Waals surface area contributed by atoms with E-state index in [4.69, 9.17) is 13.7 Å². The number of amides is 3. The number of fused-ring (bicyclic) bond motifs is 2. The van der Waals surface area contributed by atoms with E-state index in [2.05, 4.69) is 25.8 Å². The maximum absolute atomic E-state index is 13.1. The molecule has 5 rings (SSSR count). The summed E-state index contributed by atoms with van der Waals surface area (Å²) in [5.41, 5.74) is 1.05. The highest BCUT2D eigenvalue weighted by Gasteiger charge is 2.34. The highest BCUT2D eigenvalue weighted by Crippen LogP contribution is 2.27. The maximum Gasteiger partial charge on any atom is 0.349 e. The number of nitrogens with zero attached hydrogens (tertiary/aromatic N) is 2. The zero-order valence-electron chi connectivity index (χ0n) is 28.6. The lowest BCUT2D eigenvalue weighted by atomic mass is 10.00. The van der Waals surface area contributed by atoms with Gasteiger partial charge >= 0.3 is 11.6 Å². The number of hydrogen-bond donors (Lipinski definition) is 5. The molecule has 0 saturated heterocycles. The number of anilines is 1. The van der Waals surface area contributed by atoms with Crippen LogP contribution in [0.3, 0.4) is 0 Å². The molecule has 278 valence electrons. The summed E-state index contributed by atoms with van der Waals surface area (Å²) in [6, 6.07) is 5.01. The number of carbonyl (C=O) groups excluding carboxylic acids is 3. The van der Waals surface area contributed by atoms with Gasteiger partial charge in [-0.1, -0.05) is 12.2 Å². The lowest BCUT2D eigenvalue weighted by Gasteiger charge is -2.21. The van der Waals surface area contributed by atoms with E-state index in [1.807, 2.05) is 26.0 Å². The van der Waals surface area contributed by atoms with Gasteiger partial charge in [0.25, 0.3) is 27.8 Å². The molecular formula is C36H37N5O11S. The van der Waals surface area contributed by atoms with E-state index >= 15 is 0 Å². The minimum absolute atomic E-state index is 0.0463. The molecule has 1 aliphatic heterocycles. The highest BCUT2D eigenvalue weighted by molar-refractivity contribution is 7.85. The van der Waals surface area contributed by atoms with Crippen molar-refractivity contribution in [3.8, 4) is 0 Å². The number of benzene rings is 1. The lowest BCUT2D eigenvalue weighted by Crippen LogP contribution is -2.49. The Bertz CT molecular complexity index is 2210. The first-order valence-electron chi connectivity index (χ1n) is 16.6. The van der Waals surface area contributed by atoms with Gasteiger partial charge in [-0.25, -0.2) is 14.6 Å². The predicted molar refractivity (Wildman–Crippen MR) is 195 cm³/mol. The van der Waals surface area contributed by atoms with Crippen molar-refractivity contribution in [1.82, 2.24) is 16.0 Å². The molecule has 17 heteroatoms. The average molecular weight is 748 g/mol. The van der Waals surface area contributed by atoms with Gasteiger partial charge in [-0.15, -0.1) is 0 Å². The summed E-state index contributed by atoms with van der Waals surface area (Å²) < 4.78 is 42.1. The number of allylic oxidation sites excluding steroid dienone is 4. The van der Waals surface area contributed by atoms with Crippen LogP contribution in [0.15, 0.2) is 110 Å². The number of carboxylic acids is 1. The van der Waals surface area contributed by atoms with Gasteiger partial charge in [-0.2, -0.15) is 8.42 Å². The molecule has 1 aromatic carbocycles. The average Bonchev–Trinajstić information content (AvgIpc) is 3.52. The summed E-state index contributed by atoms with van der Waals surface area (Å²) in [7, 11) is -4.27. The first kappa shape index (κ1) is 38.2. The van der Waals surface area contributed by atoms with Crippen LogP contribution < -0.4 is 26.5 Å². The molecule has 2 aliphatic carbocycles. The van der Waals surface area contributed by atoms with Gasteiger partial charge in [0.2, 0.25) is 5.90 Å². The van der Waals surface area contributed by atoms with Crippen LogP contribution in [0.25, 0.3) is 11.0 Å². The first-order valence-corrected chi connectivity index (χ1v) is 18.2. The Morgan fingerprint density at radius 1 is 0.943 bits per heavy atom. The summed E-state index contributed by atoms with van der Waals surface area (Å²) >= 11 is 0. The molecule has 3 aliphatic rings. The quantitative estimate of drug-likeness (QED) is 0.136. The normalized spacial score (nSPS) is 21.4. The molecule has 0 radical (unpaired) electrons. The van der Waals surface area contributed by atoms with Gasteiger partial charge in [-0.3, -0.25) is 18.9 Å². The Balaban J connectivity index is 1.22. The van der Waals surface area contributed by atoms with Crippen molar-refractivity contribution in [2.24, 2.45) is 4.99 Å². The fourth-order valence-electron chi connectivity index (χ4n) is 5.53. The van der Waals surface area contributed by atoms with Crippen molar-refractivity contribution in [2.45, 2.75) is 32.0 Å². The Morgan fingerprint density at radius 2 is 1.62 bits per heavy atom. The summed E-state index contributed by atoms with van der Waals surface area (Å²) in [6.07, 6.45) is 12.3. The van der Waals surface area contributed by atoms with Crippen LogP contribution in [0.4, 0.5) is 5.69 Å². The number of aliphatic carboxylic acids is 1. The fourth-order valence-corrected chi connectivity index (χ4v) is 5.89. The Morgan fingerprint density at radius 3 is 2.26 bits per heavy atom. The molecule has 5 N–H and O–H groups in total. The SMILES string of the molecule is CCN(CC)c1ccc2cc(C3=NC4C=C(C(=O)NC(CNC(=O)C5=C/C=C(C(=O)NCCS(=O)(=O)O)\C=C/C=C\5)C(=O)O)C=CC4O3)c(=O)oc2c1. The molecule has 3 amide bonds. The molecule has 16 nitrogen and oxygen atoms in total. The number of carbonyl (C=O) groups is 4. The topological polar surface area (TPSA) is 234 Å². The molecule has 53 heavy (non-hydrogen) atoms. The third kappa shape index (κ3) is 9.63. The lowest BCUT2D eigenvalue weighted by molar-refractivity contribution is -0.141. The smallest absolute Gasteiger partial charge is 0.349 e. The molecule has 2 heterocycles. The number of ether oxygens (including phenoxy) is 1. The van der Waals surface area contributed by atoms with Gasteiger partial charge in [0.15, 0.2) is 0 Å². The summed E-state index contributed by atoms with van der Waals surface area (Å²) in [5.74, 6) is -4.15. The highest BCUT2D eigenvalue weighted by atomic mass is 32.2. The molecule has 0 fully saturated rings. The number of nitrogens with one attached hydrogen (secondary N) is 3. The number of hydrogen-bond acceptors (Lipinski definition) is 11. The van der Waals surface area contributed by atoms with Gasteiger partial charge in [0.1, 0.15) is 29.3 Å².